The molecule has 0 saturated heterocycles. The van der Waals surface area contributed by atoms with Gasteiger partial charge in [0.05, 0.1) is 13.0 Å². The third kappa shape index (κ3) is 8.91. The summed E-state index contributed by atoms with van der Waals surface area (Å²) in [6.45, 7) is 8.24. The minimum absolute atomic E-state index is 0.0226. The van der Waals surface area contributed by atoms with E-state index in [1.807, 2.05) is 0 Å². The lowest BCUT2D eigenvalue weighted by molar-refractivity contribution is -0.142. The predicted molar refractivity (Wildman–Crippen MR) is 71.7 cm³/mol. The van der Waals surface area contributed by atoms with Crippen molar-refractivity contribution in [2.24, 2.45) is 0 Å². The molecule has 0 N–H and O–H groups in total. The number of esters is 3. The summed E-state index contributed by atoms with van der Waals surface area (Å²) in [5.74, 6) is -1.29. The van der Waals surface area contributed by atoms with E-state index in [-0.39, 0.29) is 19.6 Å². The summed E-state index contributed by atoms with van der Waals surface area (Å²) in [4.78, 5) is 32.9. The molecule has 0 radical (unpaired) electrons. The molecule has 0 fully saturated rings. The van der Waals surface area contributed by atoms with Crippen LogP contribution < -0.4 is 0 Å². The molecule has 0 atom stereocenters. The van der Waals surface area contributed by atoms with Gasteiger partial charge in [0.1, 0.15) is 13.2 Å². The first-order valence-corrected chi connectivity index (χ1v) is 6.16. The molecule has 0 heterocycles. The van der Waals surface area contributed by atoms with E-state index in [0.717, 1.165) is 0 Å². The maximum atomic E-state index is 11.3. The highest BCUT2D eigenvalue weighted by Gasteiger charge is 2.09. The van der Waals surface area contributed by atoms with Gasteiger partial charge in [-0.25, -0.2) is 0 Å². The molecule has 0 amide bonds. The maximum absolute atomic E-state index is 11.3. The minimum Gasteiger partial charge on any atom is -0.466 e. The molecular formula is C14H20O6. The van der Waals surface area contributed by atoms with Crippen LogP contribution in [0.5, 0.6) is 0 Å². The van der Waals surface area contributed by atoms with Gasteiger partial charge in [-0.1, -0.05) is 12.7 Å². The quantitative estimate of drug-likeness (QED) is 0.382. The monoisotopic (exact) mass is 284 g/mol. The third-order valence-corrected chi connectivity index (χ3v) is 2.16. The van der Waals surface area contributed by atoms with Crippen LogP contribution >= 0.6 is 0 Å². The van der Waals surface area contributed by atoms with Crippen LogP contribution in [0.3, 0.4) is 0 Å². The highest BCUT2D eigenvalue weighted by Crippen LogP contribution is 2.11. The van der Waals surface area contributed by atoms with Crippen molar-refractivity contribution >= 4 is 17.9 Å². The first kappa shape index (κ1) is 17.9. The highest BCUT2D eigenvalue weighted by atomic mass is 16.5. The van der Waals surface area contributed by atoms with Gasteiger partial charge in [-0.2, -0.15) is 0 Å². The van der Waals surface area contributed by atoms with Crippen molar-refractivity contribution in [1.82, 2.24) is 0 Å². The van der Waals surface area contributed by atoms with Crippen molar-refractivity contribution < 1.29 is 28.6 Å². The molecule has 0 aromatic carbocycles. The van der Waals surface area contributed by atoms with Gasteiger partial charge in [-0.3, -0.25) is 14.4 Å². The third-order valence-electron chi connectivity index (χ3n) is 2.16. The lowest BCUT2D eigenvalue weighted by Gasteiger charge is -2.11. The number of hydrogen-bond acceptors (Lipinski definition) is 6. The fourth-order valence-corrected chi connectivity index (χ4v) is 1.19. The summed E-state index contributed by atoms with van der Waals surface area (Å²) in [6.07, 6.45) is 1.58. The summed E-state index contributed by atoms with van der Waals surface area (Å²) in [5, 5.41) is 0. The molecule has 6 heteroatoms. The molecule has 0 aliphatic carbocycles. The summed E-state index contributed by atoms with van der Waals surface area (Å²) >= 11 is 0. The summed E-state index contributed by atoms with van der Waals surface area (Å²) in [7, 11) is 0. The van der Waals surface area contributed by atoms with Gasteiger partial charge in [0.15, 0.2) is 0 Å². The molecule has 6 nitrogen and oxygen atoms in total. The average Bonchev–Trinajstić information content (AvgIpc) is 2.36. The van der Waals surface area contributed by atoms with Gasteiger partial charge in [0.2, 0.25) is 0 Å². The molecule has 0 unspecified atom stereocenters. The van der Waals surface area contributed by atoms with E-state index in [0.29, 0.717) is 17.8 Å². The number of rotatable bonds is 8. The Labute approximate surface area is 118 Å². The normalized spacial score (nSPS) is 10.7. The topological polar surface area (TPSA) is 78.9 Å². The van der Waals surface area contributed by atoms with Crippen molar-refractivity contribution in [2.75, 3.05) is 19.8 Å². The molecule has 20 heavy (non-hydrogen) atoms. The molecule has 0 bridgehead atoms. The van der Waals surface area contributed by atoms with Gasteiger partial charge in [-0.05, 0) is 18.1 Å². The molecule has 0 aromatic rings. The Morgan fingerprint density at radius 3 is 2.05 bits per heavy atom. The van der Waals surface area contributed by atoms with E-state index < -0.39 is 17.9 Å². The second-order valence-corrected chi connectivity index (χ2v) is 3.90. The van der Waals surface area contributed by atoms with Crippen LogP contribution in [0, 0.1) is 0 Å². The number of carbonyl (C=O) groups is 3. The molecule has 0 aliphatic heterocycles. The highest BCUT2D eigenvalue weighted by molar-refractivity contribution is 5.71. The van der Waals surface area contributed by atoms with Crippen LogP contribution in [-0.4, -0.2) is 37.7 Å². The van der Waals surface area contributed by atoms with Gasteiger partial charge in [0, 0.05) is 13.8 Å². The van der Waals surface area contributed by atoms with Crippen LogP contribution in [-0.2, 0) is 28.6 Å². The average molecular weight is 284 g/mol. The van der Waals surface area contributed by atoms with E-state index in [1.165, 1.54) is 13.8 Å². The van der Waals surface area contributed by atoms with E-state index in [9.17, 15) is 14.4 Å². The fraction of sp³-hybridized carbons (Fsp3) is 0.500. The predicted octanol–water partition coefficient (Wildman–Crippen LogP) is 1.55. The SMILES string of the molecule is C=C(COC(C)=O)/C(=C/CC(=O)OCC)COC(C)=O. The van der Waals surface area contributed by atoms with Crippen LogP contribution in [0.1, 0.15) is 27.2 Å². The second-order valence-electron chi connectivity index (χ2n) is 3.90. The van der Waals surface area contributed by atoms with Crippen molar-refractivity contribution in [3.8, 4) is 0 Å². The molecular weight excluding hydrogens is 264 g/mol. The van der Waals surface area contributed by atoms with E-state index >= 15 is 0 Å². The number of ether oxygens (including phenoxy) is 3. The zero-order valence-electron chi connectivity index (χ0n) is 12.1. The summed E-state index contributed by atoms with van der Waals surface area (Å²) in [5.41, 5.74) is 0.986. The Balaban J connectivity index is 4.64. The van der Waals surface area contributed by atoms with Crippen LogP contribution in [0.15, 0.2) is 23.8 Å². The molecule has 112 valence electrons. The van der Waals surface area contributed by atoms with Crippen LogP contribution in [0.25, 0.3) is 0 Å². The lowest BCUT2D eigenvalue weighted by Crippen LogP contribution is -2.11. The van der Waals surface area contributed by atoms with Crippen molar-refractivity contribution in [1.29, 1.82) is 0 Å². The van der Waals surface area contributed by atoms with Crippen molar-refractivity contribution in [3.05, 3.63) is 23.8 Å². The molecule has 0 saturated carbocycles. The Morgan fingerprint density at radius 1 is 1.00 bits per heavy atom. The molecule has 0 aromatic heterocycles. The van der Waals surface area contributed by atoms with Gasteiger partial charge in [0.25, 0.3) is 0 Å². The van der Waals surface area contributed by atoms with Crippen LogP contribution in [0.2, 0.25) is 0 Å². The van der Waals surface area contributed by atoms with E-state index in [1.54, 1.807) is 13.0 Å². The standard InChI is InChI=1S/C14H20O6/c1-5-18-14(17)7-6-13(9-20-12(4)16)10(2)8-19-11(3)15/h6H,2,5,7-9H2,1,3-4H3/b13-6+. The Kier molecular flexibility index (Phi) is 8.74. The Morgan fingerprint density at radius 2 is 1.55 bits per heavy atom. The van der Waals surface area contributed by atoms with Crippen molar-refractivity contribution in [3.63, 3.8) is 0 Å². The van der Waals surface area contributed by atoms with Crippen molar-refractivity contribution in [2.45, 2.75) is 27.2 Å². The van der Waals surface area contributed by atoms with Gasteiger partial charge in [-0.15, -0.1) is 0 Å². The molecule has 0 spiro atoms. The van der Waals surface area contributed by atoms with Crippen LogP contribution in [0.4, 0.5) is 0 Å². The zero-order chi connectivity index (χ0) is 15.5. The van der Waals surface area contributed by atoms with E-state index in [4.69, 9.17) is 14.2 Å². The summed E-state index contributed by atoms with van der Waals surface area (Å²) in [6, 6.07) is 0. The first-order valence-electron chi connectivity index (χ1n) is 6.16. The number of hydrogen-bond donors (Lipinski definition) is 0. The zero-order valence-corrected chi connectivity index (χ0v) is 12.1. The number of carbonyl (C=O) groups excluding carboxylic acids is 3. The molecule has 0 rings (SSSR count). The Hall–Kier alpha value is -2.11. The van der Waals surface area contributed by atoms with Gasteiger partial charge < -0.3 is 14.2 Å². The maximum Gasteiger partial charge on any atom is 0.309 e. The summed E-state index contributed by atoms with van der Waals surface area (Å²) < 4.78 is 14.5. The second kappa shape index (κ2) is 9.77. The Bertz CT molecular complexity index is 408. The first-order chi connectivity index (χ1) is 9.36. The largest absolute Gasteiger partial charge is 0.466 e. The van der Waals surface area contributed by atoms with E-state index in [2.05, 4.69) is 6.58 Å². The smallest absolute Gasteiger partial charge is 0.309 e. The fourth-order valence-electron chi connectivity index (χ4n) is 1.19. The minimum atomic E-state index is -0.452. The lowest BCUT2D eigenvalue weighted by atomic mass is 10.1. The molecule has 0 aliphatic rings. The van der Waals surface area contributed by atoms with Gasteiger partial charge >= 0.3 is 17.9 Å².